The molecule has 0 bridgehead atoms. The highest BCUT2D eigenvalue weighted by atomic mass is 32.2. The number of sulfonamides is 1. The first-order valence-electron chi connectivity index (χ1n) is 8.15. The van der Waals surface area contributed by atoms with Crippen LogP contribution in [0.4, 0.5) is 0 Å². The van der Waals surface area contributed by atoms with E-state index in [0.717, 1.165) is 0 Å². The number of rotatable bonds is 5. The van der Waals surface area contributed by atoms with Gasteiger partial charge >= 0.3 is 0 Å². The van der Waals surface area contributed by atoms with E-state index < -0.39 is 25.9 Å². The smallest absolute Gasteiger partial charge is 0.224 e. The minimum Gasteiger partial charge on any atom is -0.224 e. The van der Waals surface area contributed by atoms with Crippen LogP contribution in [0.3, 0.4) is 0 Å². The van der Waals surface area contributed by atoms with E-state index in [1.165, 1.54) is 28.6 Å². The molecule has 8 heteroatoms. The van der Waals surface area contributed by atoms with Crippen molar-refractivity contribution in [2.45, 2.75) is 28.7 Å². The van der Waals surface area contributed by atoms with Crippen LogP contribution in [0.15, 0.2) is 64.4 Å². The van der Waals surface area contributed by atoms with Gasteiger partial charge in [0.05, 0.1) is 21.1 Å². The minimum atomic E-state index is -3.94. The van der Waals surface area contributed by atoms with Crippen molar-refractivity contribution in [2.24, 2.45) is 0 Å². The largest absolute Gasteiger partial charge is 0.244 e. The molecule has 6 nitrogen and oxygen atoms in total. The summed E-state index contributed by atoms with van der Waals surface area (Å²) in [6, 6.07) is 15.2. The molecule has 1 saturated heterocycles. The zero-order valence-corrected chi connectivity index (χ0v) is 15.6. The van der Waals surface area contributed by atoms with E-state index in [0.29, 0.717) is 12.8 Å². The molecule has 1 unspecified atom stereocenters. The maximum Gasteiger partial charge on any atom is 0.244 e. The van der Waals surface area contributed by atoms with Crippen molar-refractivity contribution in [2.75, 3.05) is 12.3 Å². The highest BCUT2D eigenvalue weighted by Crippen LogP contribution is 2.29. The maximum atomic E-state index is 13.0. The molecule has 1 heterocycles. The van der Waals surface area contributed by atoms with Crippen LogP contribution in [-0.2, 0) is 19.9 Å². The third-order valence-electron chi connectivity index (χ3n) is 4.43. The molecule has 0 aromatic heterocycles. The Morgan fingerprint density at radius 3 is 2.35 bits per heavy atom. The Hall–Kier alpha value is -2.21. The Bertz CT molecular complexity index is 1040. The van der Waals surface area contributed by atoms with Crippen LogP contribution in [0, 0.1) is 11.3 Å². The van der Waals surface area contributed by atoms with Crippen molar-refractivity contribution in [3.8, 4) is 6.07 Å². The molecular weight excluding hydrogens is 372 g/mol. The van der Waals surface area contributed by atoms with Crippen molar-refractivity contribution in [3.63, 3.8) is 0 Å². The number of benzene rings is 2. The fraction of sp³-hybridized carbons (Fsp3) is 0.278. The summed E-state index contributed by atoms with van der Waals surface area (Å²) in [6.45, 7) is 0.247. The monoisotopic (exact) mass is 390 g/mol. The predicted octanol–water partition coefficient (Wildman–Crippen LogP) is 2.19. The normalized spacial score (nSPS) is 18.5. The molecule has 1 fully saturated rings. The maximum absolute atomic E-state index is 13.0. The molecule has 0 spiro atoms. The summed E-state index contributed by atoms with van der Waals surface area (Å²) in [5, 5.41) is 9.20. The number of sulfone groups is 1. The van der Waals surface area contributed by atoms with Gasteiger partial charge in [0.1, 0.15) is 6.07 Å². The Morgan fingerprint density at radius 1 is 1.00 bits per heavy atom. The predicted molar refractivity (Wildman–Crippen MR) is 96.6 cm³/mol. The molecule has 0 N–H and O–H groups in total. The van der Waals surface area contributed by atoms with Gasteiger partial charge in [0.15, 0.2) is 9.84 Å². The molecule has 2 aromatic rings. The Balaban J connectivity index is 1.92. The summed E-state index contributed by atoms with van der Waals surface area (Å²) < 4.78 is 52.6. The quantitative estimate of drug-likeness (QED) is 0.780. The molecule has 1 aliphatic rings. The molecule has 0 saturated carbocycles. The summed E-state index contributed by atoms with van der Waals surface area (Å²) >= 11 is 0. The van der Waals surface area contributed by atoms with E-state index in [2.05, 4.69) is 0 Å². The minimum absolute atomic E-state index is 0.0593. The van der Waals surface area contributed by atoms with Gasteiger partial charge in [-0.15, -0.1) is 0 Å². The van der Waals surface area contributed by atoms with Gasteiger partial charge in [0, 0.05) is 12.6 Å². The lowest BCUT2D eigenvalue weighted by atomic mass is 10.2. The van der Waals surface area contributed by atoms with Crippen LogP contribution < -0.4 is 0 Å². The van der Waals surface area contributed by atoms with Crippen molar-refractivity contribution >= 4 is 19.9 Å². The first kappa shape index (κ1) is 18.6. The Labute approximate surface area is 153 Å². The SMILES string of the molecule is N#Cc1ccccc1S(=O)(=O)N1CCCC1CS(=O)(=O)c1ccccc1. The number of hydrogen-bond acceptors (Lipinski definition) is 5. The van der Waals surface area contributed by atoms with Gasteiger partial charge < -0.3 is 0 Å². The molecule has 0 amide bonds. The van der Waals surface area contributed by atoms with Gasteiger partial charge in [0.2, 0.25) is 10.0 Å². The third kappa shape index (κ3) is 3.51. The van der Waals surface area contributed by atoms with Crippen LogP contribution in [0.1, 0.15) is 18.4 Å². The van der Waals surface area contributed by atoms with Gasteiger partial charge in [-0.3, -0.25) is 0 Å². The van der Waals surface area contributed by atoms with E-state index in [9.17, 15) is 22.1 Å². The highest BCUT2D eigenvalue weighted by molar-refractivity contribution is 7.91. The van der Waals surface area contributed by atoms with Crippen molar-refractivity contribution in [1.82, 2.24) is 4.31 Å². The highest BCUT2D eigenvalue weighted by Gasteiger charge is 2.38. The molecule has 2 aromatic carbocycles. The summed E-state index contributed by atoms with van der Waals surface area (Å²) in [4.78, 5) is 0.105. The van der Waals surface area contributed by atoms with Gasteiger partial charge in [-0.2, -0.15) is 9.57 Å². The molecular formula is C18H18N2O4S2. The average molecular weight is 390 g/mol. The third-order valence-corrected chi connectivity index (χ3v) is 8.26. The van der Waals surface area contributed by atoms with Crippen LogP contribution in [0.25, 0.3) is 0 Å². The molecule has 1 aliphatic heterocycles. The van der Waals surface area contributed by atoms with Gasteiger partial charge in [0.25, 0.3) is 0 Å². The van der Waals surface area contributed by atoms with Gasteiger partial charge in [-0.25, -0.2) is 16.8 Å². The van der Waals surface area contributed by atoms with E-state index in [-0.39, 0.29) is 27.7 Å². The molecule has 1 atom stereocenters. The lowest BCUT2D eigenvalue weighted by molar-refractivity contribution is 0.407. The molecule has 0 radical (unpaired) electrons. The summed E-state index contributed by atoms with van der Waals surface area (Å²) in [6.07, 6.45) is 1.06. The number of hydrogen-bond donors (Lipinski definition) is 0. The van der Waals surface area contributed by atoms with Gasteiger partial charge in [-0.05, 0) is 37.1 Å². The van der Waals surface area contributed by atoms with E-state index >= 15 is 0 Å². The molecule has 26 heavy (non-hydrogen) atoms. The second kappa shape index (κ2) is 7.19. The molecule has 3 rings (SSSR count). The van der Waals surface area contributed by atoms with Gasteiger partial charge in [-0.1, -0.05) is 30.3 Å². The fourth-order valence-electron chi connectivity index (χ4n) is 3.18. The summed E-state index contributed by atoms with van der Waals surface area (Å²) in [7, 11) is -7.54. The zero-order valence-electron chi connectivity index (χ0n) is 13.9. The zero-order chi connectivity index (χ0) is 18.8. The summed E-state index contributed by atoms with van der Waals surface area (Å²) in [5.41, 5.74) is 0.0593. The van der Waals surface area contributed by atoms with Crippen LogP contribution in [0.2, 0.25) is 0 Å². The average Bonchev–Trinajstić information content (AvgIpc) is 3.10. The van der Waals surface area contributed by atoms with E-state index in [4.69, 9.17) is 0 Å². The first-order valence-corrected chi connectivity index (χ1v) is 11.2. The van der Waals surface area contributed by atoms with Crippen LogP contribution >= 0.6 is 0 Å². The standard InChI is InChI=1S/C18H18N2O4S2/c19-13-15-7-4-5-11-18(15)26(23,24)20-12-6-8-16(20)14-25(21,22)17-9-2-1-3-10-17/h1-5,7,9-11,16H,6,8,12,14H2. The van der Waals surface area contributed by atoms with Crippen molar-refractivity contribution < 1.29 is 16.8 Å². The Kier molecular flexibility index (Phi) is 5.14. The van der Waals surface area contributed by atoms with Crippen LogP contribution in [0.5, 0.6) is 0 Å². The van der Waals surface area contributed by atoms with E-state index in [1.807, 2.05) is 6.07 Å². The topological polar surface area (TPSA) is 95.3 Å². The second-order valence-electron chi connectivity index (χ2n) is 6.11. The molecule has 0 aliphatic carbocycles. The first-order chi connectivity index (χ1) is 12.4. The van der Waals surface area contributed by atoms with Crippen LogP contribution in [-0.4, -0.2) is 39.5 Å². The molecule has 136 valence electrons. The van der Waals surface area contributed by atoms with Crippen molar-refractivity contribution in [3.05, 3.63) is 60.2 Å². The summed E-state index contributed by atoms with van der Waals surface area (Å²) in [5.74, 6) is -0.273. The Morgan fingerprint density at radius 2 is 1.65 bits per heavy atom. The number of nitriles is 1. The lowest BCUT2D eigenvalue weighted by Gasteiger charge is -2.24. The van der Waals surface area contributed by atoms with Crippen molar-refractivity contribution in [1.29, 1.82) is 5.26 Å². The van der Waals surface area contributed by atoms with E-state index in [1.54, 1.807) is 30.3 Å². The number of nitrogens with zero attached hydrogens (tertiary/aromatic N) is 2. The lowest BCUT2D eigenvalue weighted by Crippen LogP contribution is -2.39. The second-order valence-corrected chi connectivity index (χ2v) is 10.0. The fourth-order valence-corrected chi connectivity index (χ4v) is 6.73.